The summed E-state index contributed by atoms with van der Waals surface area (Å²) in [5, 5.41) is 20.0. The lowest BCUT2D eigenvalue weighted by Crippen LogP contribution is -2.26. The fraction of sp³-hybridized carbons (Fsp3) is 0.0769. The molecule has 2 aliphatic carbocycles. The molecule has 0 saturated heterocycles. The standard InChI is InChI=1S/C26H10F2N4/c1-31-19(11-29)23-15-9-13-5-3-8-18(28)22(13)26(15)24(20(12-30)32-2)16-10-14-6-4-7-17(27)21(14)25(16)23/h3-8H,9-10H2/b23-19-,24-20+. The van der Waals surface area contributed by atoms with Gasteiger partial charge in [0, 0.05) is 21.6 Å². The molecule has 2 aliphatic rings. The van der Waals surface area contributed by atoms with Gasteiger partial charge in [-0.15, -0.1) is 0 Å². The van der Waals surface area contributed by atoms with Crippen molar-refractivity contribution in [2.24, 2.45) is 0 Å². The van der Waals surface area contributed by atoms with Gasteiger partial charge >= 0.3 is 0 Å². The third-order valence-corrected chi connectivity index (χ3v) is 6.05. The van der Waals surface area contributed by atoms with Crippen LogP contribution in [0.1, 0.15) is 22.3 Å². The zero-order chi connectivity index (χ0) is 22.6. The molecule has 0 heterocycles. The average Bonchev–Trinajstić information content (AvgIpc) is 3.36. The SMILES string of the molecule is [C-]#[N+]/C(C#N)=c1/c2c(/c(=C(\C#N)[N+]#[C-])c3c1-c1c(F)cccc1C3)-c1c(F)cccc1C2. The number of rotatable bonds is 0. The van der Waals surface area contributed by atoms with Crippen molar-refractivity contribution in [1.82, 2.24) is 0 Å². The van der Waals surface area contributed by atoms with Gasteiger partial charge in [-0.25, -0.2) is 29.0 Å². The summed E-state index contributed by atoms with van der Waals surface area (Å²) in [4.78, 5) is 6.78. The third kappa shape index (κ3) is 2.36. The van der Waals surface area contributed by atoms with Gasteiger partial charge in [0.25, 0.3) is 11.4 Å². The fourth-order valence-corrected chi connectivity index (χ4v) is 4.93. The fourth-order valence-electron chi connectivity index (χ4n) is 4.93. The van der Waals surface area contributed by atoms with Crippen LogP contribution in [-0.4, -0.2) is 0 Å². The van der Waals surface area contributed by atoms with E-state index in [9.17, 15) is 10.5 Å². The van der Waals surface area contributed by atoms with Crippen LogP contribution in [0.2, 0.25) is 0 Å². The summed E-state index contributed by atoms with van der Waals surface area (Å²) >= 11 is 0. The minimum atomic E-state index is -0.515. The van der Waals surface area contributed by atoms with Crippen LogP contribution < -0.4 is 10.4 Å². The molecule has 3 aromatic rings. The molecule has 0 aliphatic heterocycles. The average molecular weight is 416 g/mol. The molecule has 0 amide bonds. The first-order chi connectivity index (χ1) is 15.5. The number of hydrogen-bond acceptors (Lipinski definition) is 2. The molecule has 0 spiro atoms. The van der Waals surface area contributed by atoms with Gasteiger partial charge in [0.1, 0.15) is 11.6 Å². The van der Waals surface area contributed by atoms with Crippen molar-refractivity contribution >= 4 is 11.4 Å². The lowest BCUT2D eigenvalue weighted by atomic mass is 9.90. The molecule has 148 valence electrons. The molecule has 5 rings (SSSR count). The van der Waals surface area contributed by atoms with E-state index in [2.05, 4.69) is 9.69 Å². The highest BCUT2D eigenvalue weighted by atomic mass is 19.1. The largest absolute Gasteiger partial charge is 0.269 e. The van der Waals surface area contributed by atoms with Crippen molar-refractivity contribution in [3.8, 4) is 34.4 Å². The maximum absolute atomic E-state index is 15.0. The maximum atomic E-state index is 15.0. The Balaban J connectivity index is 2.18. The van der Waals surface area contributed by atoms with Crippen molar-refractivity contribution in [1.29, 1.82) is 10.5 Å². The van der Waals surface area contributed by atoms with Crippen LogP contribution in [0.5, 0.6) is 0 Å². The first-order valence-electron chi connectivity index (χ1n) is 9.62. The smallest absolute Gasteiger partial charge is 0.226 e. The Bertz CT molecular complexity index is 1530. The Hall–Kier alpha value is -4.78. The lowest BCUT2D eigenvalue weighted by molar-refractivity contribution is 0.630. The molecule has 6 heteroatoms. The van der Waals surface area contributed by atoms with Gasteiger partial charge < -0.3 is 0 Å². The van der Waals surface area contributed by atoms with Crippen LogP contribution in [0.4, 0.5) is 8.78 Å². The third-order valence-electron chi connectivity index (χ3n) is 6.05. The van der Waals surface area contributed by atoms with Crippen LogP contribution in [0.15, 0.2) is 36.4 Å². The van der Waals surface area contributed by atoms with E-state index in [-0.39, 0.29) is 45.8 Å². The molecule has 0 atom stereocenters. The Labute approximate surface area is 181 Å². The summed E-state index contributed by atoms with van der Waals surface area (Å²) in [6, 6.07) is 13.0. The Morgan fingerprint density at radius 1 is 0.719 bits per heavy atom. The van der Waals surface area contributed by atoms with E-state index in [0.717, 1.165) is 0 Å². The predicted molar refractivity (Wildman–Crippen MR) is 113 cm³/mol. The van der Waals surface area contributed by atoms with E-state index < -0.39 is 11.6 Å². The van der Waals surface area contributed by atoms with Crippen LogP contribution in [0.25, 0.3) is 43.3 Å². The first-order valence-corrected chi connectivity index (χ1v) is 9.62. The van der Waals surface area contributed by atoms with Gasteiger partial charge in [0.15, 0.2) is 0 Å². The van der Waals surface area contributed by atoms with Crippen LogP contribution >= 0.6 is 0 Å². The quantitative estimate of drug-likeness (QED) is 0.355. The van der Waals surface area contributed by atoms with Gasteiger partial charge in [-0.05, 0) is 58.4 Å². The van der Waals surface area contributed by atoms with E-state index in [0.29, 0.717) is 33.4 Å². The van der Waals surface area contributed by atoms with Crippen molar-refractivity contribution in [3.05, 3.63) is 104 Å². The van der Waals surface area contributed by atoms with Gasteiger partial charge in [-0.1, -0.05) is 24.3 Å². The van der Waals surface area contributed by atoms with E-state index in [1.165, 1.54) is 12.1 Å². The lowest BCUT2D eigenvalue weighted by Gasteiger charge is -2.13. The van der Waals surface area contributed by atoms with E-state index in [1.54, 1.807) is 24.3 Å². The molecule has 0 unspecified atom stereocenters. The summed E-state index contributed by atoms with van der Waals surface area (Å²) < 4.78 is 30.1. The van der Waals surface area contributed by atoms with Crippen molar-refractivity contribution in [2.75, 3.05) is 0 Å². The van der Waals surface area contributed by atoms with Gasteiger partial charge in [-0.2, -0.15) is 0 Å². The number of nitriles is 2. The second-order valence-corrected chi connectivity index (χ2v) is 7.50. The number of halogens is 2. The van der Waals surface area contributed by atoms with Crippen molar-refractivity contribution in [3.63, 3.8) is 0 Å². The van der Waals surface area contributed by atoms with E-state index in [1.807, 2.05) is 12.1 Å². The number of hydrogen-bond donors (Lipinski definition) is 0. The molecule has 0 saturated carbocycles. The molecule has 0 radical (unpaired) electrons. The van der Waals surface area contributed by atoms with Crippen LogP contribution in [-0.2, 0) is 12.8 Å². The predicted octanol–water partition coefficient (Wildman–Crippen LogP) is 4.21. The molecule has 0 N–H and O–H groups in total. The van der Waals surface area contributed by atoms with Gasteiger partial charge in [0.05, 0.1) is 25.3 Å². The highest BCUT2D eigenvalue weighted by molar-refractivity contribution is 5.92. The summed E-state index contributed by atoms with van der Waals surface area (Å²) in [5.74, 6) is -1.03. The summed E-state index contributed by atoms with van der Waals surface area (Å²) in [5.41, 5.74) is 2.97. The highest BCUT2D eigenvalue weighted by Crippen LogP contribution is 2.41. The van der Waals surface area contributed by atoms with Gasteiger partial charge in [-0.3, -0.25) is 0 Å². The van der Waals surface area contributed by atoms with Gasteiger partial charge in [0.2, 0.25) is 0 Å². The molecule has 4 nitrogen and oxygen atoms in total. The molecular weight excluding hydrogens is 406 g/mol. The summed E-state index contributed by atoms with van der Waals surface area (Å²) in [6.45, 7) is 15.1. The zero-order valence-electron chi connectivity index (χ0n) is 16.4. The minimum absolute atomic E-state index is 0.208. The van der Waals surface area contributed by atoms with Crippen molar-refractivity contribution in [2.45, 2.75) is 12.8 Å². The Morgan fingerprint density at radius 2 is 1.12 bits per heavy atom. The molecule has 0 bridgehead atoms. The zero-order valence-corrected chi connectivity index (χ0v) is 16.4. The highest BCUT2D eigenvalue weighted by Gasteiger charge is 2.34. The molecule has 32 heavy (non-hydrogen) atoms. The van der Waals surface area contributed by atoms with Crippen LogP contribution in [0, 0.1) is 47.4 Å². The second-order valence-electron chi connectivity index (χ2n) is 7.50. The summed E-state index contributed by atoms with van der Waals surface area (Å²) in [7, 11) is 0. The van der Waals surface area contributed by atoms with E-state index in [4.69, 9.17) is 13.1 Å². The van der Waals surface area contributed by atoms with Crippen LogP contribution in [0.3, 0.4) is 0 Å². The first kappa shape index (κ1) is 19.2. The Kier molecular flexibility index (Phi) is 4.13. The Morgan fingerprint density at radius 3 is 1.47 bits per heavy atom. The number of fused-ring (bicyclic) bond motifs is 6. The second kappa shape index (κ2) is 6.88. The number of benzene rings is 3. The summed E-state index contributed by atoms with van der Waals surface area (Å²) in [6.07, 6.45) is 0.415. The monoisotopic (exact) mass is 416 g/mol. The minimum Gasteiger partial charge on any atom is -0.226 e. The number of nitrogens with zero attached hydrogens (tertiary/aromatic N) is 4. The molecule has 0 aromatic heterocycles. The van der Waals surface area contributed by atoms with E-state index >= 15 is 8.78 Å². The molecule has 3 aromatic carbocycles. The molecular formula is C26H10F2N4. The molecule has 0 fully saturated rings. The normalized spacial score (nSPS) is 13.9. The van der Waals surface area contributed by atoms with Crippen molar-refractivity contribution < 1.29 is 8.78 Å². The topological polar surface area (TPSA) is 56.3 Å². The maximum Gasteiger partial charge on any atom is 0.269 e.